The fraction of sp³-hybridized carbons (Fsp3) is 0.0556. The molecular formula is C18H10Cl2N2O3. The zero-order chi connectivity index (χ0) is 18.1. The number of nitrogens with zero attached hydrogens (tertiary/aromatic N) is 1. The van der Waals surface area contributed by atoms with Gasteiger partial charge >= 0.3 is 0 Å². The number of benzene rings is 1. The first-order valence-corrected chi connectivity index (χ1v) is 7.90. The molecule has 2 aromatic rings. The Bertz CT molecular complexity index is 1010. The van der Waals surface area contributed by atoms with Crippen molar-refractivity contribution in [3.63, 3.8) is 0 Å². The molecule has 1 aromatic carbocycles. The summed E-state index contributed by atoms with van der Waals surface area (Å²) in [4.78, 5) is 23.6. The molecule has 2 heterocycles. The molecule has 0 saturated heterocycles. The Morgan fingerprint density at radius 2 is 1.92 bits per heavy atom. The van der Waals surface area contributed by atoms with Crippen molar-refractivity contribution in [2.75, 3.05) is 0 Å². The van der Waals surface area contributed by atoms with Crippen LogP contribution in [0, 0.1) is 11.3 Å². The Labute approximate surface area is 153 Å². The lowest BCUT2D eigenvalue weighted by Crippen LogP contribution is -2.37. The van der Waals surface area contributed by atoms with Gasteiger partial charge in [0, 0.05) is 16.2 Å². The van der Waals surface area contributed by atoms with Crippen molar-refractivity contribution in [2.24, 2.45) is 0 Å². The fourth-order valence-corrected chi connectivity index (χ4v) is 2.92. The zero-order valence-corrected chi connectivity index (χ0v) is 14.4. The number of hydrogen-bond donors (Lipinski definition) is 1. The highest BCUT2D eigenvalue weighted by Gasteiger charge is 2.27. The molecule has 0 saturated carbocycles. The molecule has 0 atom stereocenters. The molecule has 2 amide bonds. The largest absolute Gasteiger partial charge is 0.457 e. The van der Waals surface area contributed by atoms with E-state index in [0.717, 1.165) is 0 Å². The van der Waals surface area contributed by atoms with Crippen LogP contribution in [0.25, 0.3) is 17.4 Å². The summed E-state index contributed by atoms with van der Waals surface area (Å²) in [7, 11) is 0. The maximum absolute atomic E-state index is 12.0. The van der Waals surface area contributed by atoms with Crippen LogP contribution in [0.5, 0.6) is 0 Å². The van der Waals surface area contributed by atoms with Crippen molar-refractivity contribution in [1.82, 2.24) is 5.32 Å². The number of imide groups is 1. The van der Waals surface area contributed by atoms with Gasteiger partial charge in [-0.1, -0.05) is 23.2 Å². The highest BCUT2D eigenvalue weighted by atomic mass is 35.5. The monoisotopic (exact) mass is 372 g/mol. The first-order valence-electron chi connectivity index (χ1n) is 7.14. The van der Waals surface area contributed by atoms with Gasteiger partial charge in [0.2, 0.25) is 0 Å². The molecule has 0 aliphatic carbocycles. The second-order valence-corrected chi connectivity index (χ2v) is 6.12. The molecule has 0 radical (unpaired) electrons. The number of hydrogen-bond acceptors (Lipinski definition) is 4. The Hall–Kier alpha value is -2.81. The van der Waals surface area contributed by atoms with E-state index in [-0.39, 0.29) is 11.1 Å². The van der Waals surface area contributed by atoms with Gasteiger partial charge in [-0.25, -0.2) is 0 Å². The topological polar surface area (TPSA) is 83.1 Å². The van der Waals surface area contributed by atoms with Crippen LogP contribution in [0.3, 0.4) is 0 Å². The minimum absolute atomic E-state index is 0.0987. The minimum Gasteiger partial charge on any atom is -0.457 e. The first kappa shape index (κ1) is 17.0. The first-order chi connectivity index (χ1) is 11.9. The molecule has 1 N–H and O–H groups in total. The summed E-state index contributed by atoms with van der Waals surface area (Å²) in [5, 5.41) is 12.1. The second kappa shape index (κ2) is 6.60. The van der Waals surface area contributed by atoms with Crippen LogP contribution in [-0.2, 0) is 9.59 Å². The van der Waals surface area contributed by atoms with E-state index < -0.39 is 11.8 Å². The number of carbonyl (C=O) groups is 2. The molecule has 0 bridgehead atoms. The van der Waals surface area contributed by atoms with E-state index in [9.17, 15) is 9.59 Å². The smallest absolute Gasteiger partial charge is 0.269 e. The van der Waals surface area contributed by atoms with Crippen LogP contribution in [0.15, 0.2) is 51.5 Å². The molecule has 5 nitrogen and oxygen atoms in total. The van der Waals surface area contributed by atoms with Crippen molar-refractivity contribution in [1.29, 1.82) is 5.26 Å². The summed E-state index contributed by atoms with van der Waals surface area (Å²) in [6.07, 6.45) is 1.47. The van der Waals surface area contributed by atoms with Crippen LogP contribution in [-0.4, -0.2) is 11.8 Å². The van der Waals surface area contributed by atoms with Crippen molar-refractivity contribution in [3.8, 4) is 17.4 Å². The van der Waals surface area contributed by atoms with Crippen molar-refractivity contribution < 1.29 is 14.0 Å². The molecule has 1 aliphatic heterocycles. The summed E-state index contributed by atoms with van der Waals surface area (Å²) in [5.74, 6) is -0.390. The van der Waals surface area contributed by atoms with Gasteiger partial charge in [0.15, 0.2) is 0 Å². The molecule has 1 aromatic heterocycles. The highest BCUT2D eigenvalue weighted by Crippen LogP contribution is 2.32. The predicted molar refractivity (Wildman–Crippen MR) is 93.6 cm³/mol. The van der Waals surface area contributed by atoms with E-state index in [2.05, 4.69) is 5.32 Å². The SMILES string of the molecule is CC1=C(C#N)C(=O)NC(=O)C1=Cc1ccc(-c2ccc(Cl)cc2Cl)o1. The van der Waals surface area contributed by atoms with Crippen LogP contribution in [0.1, 0.15) is 12.7 Å². The van der Waals surface area contributed by atoms with Gasteiger partial charge in [-0.15, -0.1) is 0 Å². The molecule has 3 rings (SSSR count). The minimum atomic E-state index is -0.699. The van der Waals surface area contributed by atoms with Gasteiger partial charge in [0.25, 0.3) is 11.8 Å². The number of carbonyl (C=O) groups excluding carboxylic acids is 2. The standard InChI is InChI=1S/C18H10Cl2N2O3/c1-9-13(17(23)22-18(24)14(9)8-21)7-11-3-5-16(25-11)12-4-2-10(19)6-15(12)20/h2-7H,1H3,(H,22,23,24). The van der Waals surface area contributed by atoms with Gasteiger partial charge in [-0.05, 0) is 48.9 Å². The van der Waals surface area contributed by atoms with Crippen molar-refractivity contribution in [2.45, 2.75) is 6.92 Å². The molecule has 25 heavy (non-hydrogen) atoms. The fourth-order valence-electron chi connectivity index (χ4n) is 2.42. The summed E-state index contributed by atoms with van der Waals surface area (Å²) < 4.78 is 5.71. The molecule has 1 aliphatic rings. The van der Waals surface area contributed by atoms with Crippen LogP contribution >= 0.6 is 23.2 Å². The summed E-state index contributed by atoms with van der Waals surface area (Å²) in [6, 6.07) is 10.2. The Morgan fingerprint density at radius 1 is 1.16 bits per heavy atom. The van der Waals surface area contributed by atoms with Gasteiger partial charge in [0.05, 0.1) is 5.02 Å². The molecule has 0 unspecified atom stereocenters. The lowest BCUT2D eigenvalue weighted by Gasteiger charge is -2.15. The Kier molecular flexibility index (Phi) is 4.49. The van der Waals surface area contributed by atoms with Crippen LogP contribution < -0.4 is 5.32 Å². The van der Waals surface area contributed by atoms with Crippen LogP contribution in [0.4, 0.5) is 0 Å². The van der Waals surface area contributed by atoms with Crippen molar-refractivity contribution >= 4 is 41.1 Å². The van der Waals surface area contributed by atoms with Crippen LogP contribution in [0.2, 0.25) is 10.0 Å². The normalized spacial score (nSPS) is 16.2. The van der Waals surface area contributed by atoms with Gasteiger partial charge in [0.1, 0.15) is 23.2 Å². The number of rotatable bonds is 2. The molecule has 7 heteroatoms. The molecular weight excluding hydrogens is 363 g/mol. The average Bonchev–Trinajstić information content (AvgIpc) is 3.00. The van der Waals surface area contributed by atoms with E-state index in [1.807, 2.05) is 0 Å². The third-order valence-corrected chi connectivity index (χ3v) is 4.25. The lowest BCUT2D eigenvalue weighted by molar-refractivity contribution is -0.126. The van der Waals surface area contributed by atoms with E-state index in [0.29, 0.717) is 32.7 Å². The van der Waals surface area contributed by atoms with E-state index in [1.165, 1.54) is 6.08 Å². The maximum atomic E-state index is 12.0. The maximum Gasteiger partial charge on any atom is 0.269 e. The average molecular weight is 373 g/mol. The molecule has 124 valence electrons. The third-order valence-electron chi connectivity index (χ3n) is 3.70. The zero-order valence-electron chi connectivity index (χ0n) is 12.9. The summed E-state index contributed by atoms with van der Waals surface area (Å²) in [5.41, 5.74) is 1.06. The van der Waals surface area contributed by atoms with E-state index in [1.54, 1.807) is 43.3 Å². The van der Waals surface area contributed by atoms with E-state index in [4.69, 9.17) is 32.9 Å². The summed E-state index contributed by atoms with van der Waals surface area (Å²) in [6.45, 7) is 1.54. The molecule has 0 fully saturated rings. The van der Waals surface area contributed by atoms with Gasteiger partial charge in [-0.3, -0.25) is 14.9 Å². The second-order valence-electron chi connectivity index (χ2n) is 5.28. The highest BCUT2D eigenvalue weighted by molar-refractivity contribution is 6.36. The number of nitriles is 1. The van der Waals surface area contributed by atoms with Crippen molar-refractivity contribution in [3.05, 3.63) is 62.9 Å². The molecule has 0 spiro atoms. The Balaban J connectivity index is 2.02. The van der Waals surface area contributed by atoms with Gasteiger partial charge < -0.3 is 4.42 Å². The van der Waals surface area contributed by atoms with Gasteiger partial charge in [-0.2, -0.15) is 5.26 Å². The van der Waals surface area contributed by atoms with E-state index >= 15 is 0 Å². The predicted octanol–water partition coefficient (Wildman–Crippen LogP) is 4.13. The number of furan rings is 1. The number of amides is 2. The Morgan fingerprint density at radius 3 is 2.60 bits per heavy atom. The number of nitrogens with one attached hydrogen (secondary N) is 1. The lowest BCUT2D eigenvalue weighted by atomic mass is 9.96. The third kappa shape index (κ3) is 3.22. The quantitative estimate of drug-likeness (QED) is 0.634. The number of halogens is 2. The summed E-state index contributed by atoms with van der Waals surface area (Å²) >= 11 is 12.0.